The molecule has 2 aliphatic heterocycles. The number of carboxylic acids is 1. The average molecular weight is 375 g/mol. The molecule has 8 heteroatoms. The molecule has 2 aliphatic rings. The molecule has 1 fully saturated rings. The van der Waals surface area contributed by atoms with E-state index in [1.54, 1.807) is 6.07 Å². The summed E-state index contributed by atoms with van der Waals surface area (Å²) >= 11 is 1.33. The minimum atomic E-state index is -1.05. The molecule has 1 saturated heterocycles. The van der Waals surface area contributed by atoms with Gasteiger partial charge in [-0.25, -0.2) is 4.79 Å². The van der Waals surface area contributed by atoms with Gasteiger partial charge in [-0.15, -0.1) is 11.3 Å². The highest BCUT2D eigenvalue weighted by atomic mass is 32.1. The lowest BCUT2D eigenvalue weighted by Gasteiger charge is -2.32. The molecule has 0 spiro atoms. The molecule has 1 aromatic heterocycles. The van der Waals surface area contributed by atoms with Crippen molar-refractivity contribution in [3.8, 4) is 21.9 Å². The summed E-state index contributed by atoms with van der Waals surface area (Å²) < 4.78 is 16.3. The van der Waals surface area contributed by atoms with Gasteiger partial charge in [-0.3, -0.25) is 4.79 Å². The number of rotatable bonds is 3. The molecule has 1 atom stereocenters. The molecule has 136 valence electrons. The van der Waals surface area contributed by atoms with Crippen molar-refractivity contribution in [2.24, 2.45) is 0 Å². The highest BCUT2D eigenvalue weighted by Crippen LogP contribution is 2.37. The van der Waals surface area contributed by atoms with E-state index in [-0.39, 0.29) is 19.1 Å². The van der Waals surface area contributed by atoms with Gasteiger partial charge in [-0.2, -0.15) is 0 Å². The van der Waals surface area contributed by atoms with Crippen molar-refractivity contribution in [1.82, 2.24) is 4.90 Å². The Hall–Kier alpha value is -2.58. The van der Waals surface area contributed by atoms with Gasteiger partial charge in [0.2, 0.25) is 0 Å². The smallest absolute Gasteiger partial charge is 0.328 e. The topological polar surface area (TPSA) is 85.3 Å². The Morgan fingerprint density at radius 1 is 1.08 bits per heavy atom. The van der Waals surface area contributed by atoms with Crippen molar-refractivity contribution in [3.63, 3.8) is 0 Å². The number of morpholine rings is 1. The van der Waals surface area contributed by atoms with Crippen molar-refractivity contribution in [3.05, 3.63) is 35.2 Å². The van der Waals surface area contributed by atoms with Gasteiger partial charge in [0.25, 0.3) is 5.91 Å². The van der Waals surface area contributed by atoms with Crippen LogP contribution in [0.3, 0.4) is 0 Å². The fraction of sp³-hybridized carbons (Fsp3) is 0.333. The molecule has 2 aromatic rings. The van der Waals surface area contributed by atoms with E-state index in [9.17, 15) is 14.7 Å². The van der Waals surface area contributed by atoms with Crippen molar-refractivity contribution in [1.29, 1.82) is 0 Å². The van der Waals surface area contributed by atoms with E-state index in [4.69, 9.17) is 14.2 Å². The number of carboxylic acid groups (broad SMARTS) is 1. The molecular formula is C18H17NO6S. The Labute approximate surface area is 153 Å². The van der Waals surface area contributed by atoms with Crippen LogP contribution in [0, 0.1) is 0 Å². The first-order valence-electron chi connectivity index (χ1n) is 8.25. The molecule has 0 aliphatic carbocycles. The lowest BCUT2D eigenvalue weighted by atomic mass is 10.1. The zero-order valence-corrected chi connectivity index (χ0v) is 14.7. The van der Waals surface area contributed by atoms with Gasteiger partial charge in [0.15, 0.2) is 17.5 Å². The first-order chi connectivity index (χ1) is 12.6. The molecule has 4 rings (SSSR count). The van der Waals surface area contributed by atoms with Crippen LogP contribution in [-0.2, 0) is 9.53 Å². The van der Waals surface area contributed by atoms with Gasteiger partial charge in [0, 0.05) is 11.4 Å². The van der Waals surface area contributed by atoms with Crippen molar-refractivity contribution >= 4 is 23.2 Å². The quantitative estimate of drug-likeness (QED) is 0.884. The molecule has 3 heterocycles. The predicted molar refractivity (Wildman–Crippen MR) is 94.0 cm³/mol. The van der Waals surface area contributed by atoms with E-state index in [0.717, 1.165) is 10.4 Å². The number of hydrogen-bond acceptors (Lipinski definition) is 6. The molecule has 26 heavy (non-hydrogen) atoms. The molecule has 0 saturated carbocycles. The van der Waals surface area contributed by atoms with Crippen LogP contribution >= 0.6 is 11.3 Å². The second-order valence-electron chi connectivity index (χ2n) is 5.95. The molecule has 0 bridgehead atoms. The Kier molecular flexibility index (Phi) is 4.52. The number of ether oxygens (including phenoxy) is 3. The number of carbonyl (C=O) groups excluding carboxylic acids is 1. The van der Waals surface area contributed by atoms with E-state index in [2.05, 4.69) is 0 Å². The molecule has 7 nitrogen and oxygen atoms in total. The normalized spacial score (nSPS) is 19.2. The first-order valence-corrected chi connectivity index (χ1v) is 9.06. The number of benzene rings is 1. The van der Waals surface area contributed by atoms with Gasteiger partial charge in [0.1, 0.15) is 13.2 Å². The summed E-state index contributed by atoms with van der Waals surface area (Å²) in [6.45, 7) is 1.68. The fourth-order valence-electron chi connectivity index (χ4n) is 3.00. The van der Waals surface area contributed by atoms with E-state index < -0.39 is 12.0 Å². The van der Waals surface area contributed by atoms with E-state index in [1.165, 1.54) is 16.2 Å². The highest BCUT2D eigenvalue weighted by molar-refractivity contribution is 7.17. The third kappa shape index (κ3) is 3.13. The van der Waals surface area contributed by atoms with E-state index in [0.29, 0.717) is 36.2 Å². The van der Waals surface area contributed by atoms with Crippen LogP contribution in [0.5, 0.6) is 11.5 Å². The standard InChI is InChI=1S/C18H17NO6S/c20-17(19-5-6-23-10-12(19)18(21)22)16-4-3-15(26-16)11-1-2-13-14(9-11)25-8-7-24-13/h1-4,9,12H,5-8,10H2,(H,21,22)/t12-/m0/s1. The minimum absolute atomic E-state index is 0.0153. The lowest BCUT2D eigenvalue weighted by molar-refractivity contribution is -0.147. The lowest BCUT2D eigenvalue weighted by Crippen LogP contribution is -2.52. The molecule has 1 N–H and O–H groups in total. The molecule has 1 aromatic carbocycles. The number of fused-ring (bicyclic) bond motifs is 1. The van der Waals surface area contributed by atoms with Gasteiger partial charge in [-0.05, 0) is 35.9 Å². The highest BCUT2D eigenvalue weighted by Gasteiger charge is 2.33. The SMILES string of the molecule is O=C(O)[C@@H]1COCCN1C(=O)c1ccc(-c2ccc3c(c2)OCCO3)s1. The van der Waals surface area contributed by atoms with Crippen LogP contribution in [-0.4, -0.2) is 60.9 Å². The Morgan fingerprint density at radius 2 is 1.88 bits per heavy atom. The maximum Gasteiger partial charge on any atom is 0.328 e. The largest absolute Gasteiger partial charge is 0.486 e. The molecule has 0 radical (unpaired) electrons. The summed E-state index contributed by atoms with van der Waals surface area (Å²) in [6, 6.07) is 8.31. The summed E-state index contributed by atoms with van der Waals surface area (Å²) in [7, 11) is 0. The Morgan fingerprint density at radius 3 is 2.69 bits per heavy atom. The summed E-state index contributed by atoms with van der Waals surface area (Å²) in [4.78, 5) is 26.9. The summed E-state index contributed by atoms with van der Waals surface area (Å²) in [6.07, 6.45) is 0. The molecular weight excluding hydrogens is 358 g/mol. The summed E-state index contributed by atoms with van der Waals surface area (Å²) in [5.41, 5.74) is 0.926. The molecule has 1 amide bonds. The second kappa shape index (κ2) is 6.97. The zero-order valence-electron chi connectivity index (χ0n) is 13.8. The number of thiophene rings is 1. The van der Waals surface area contributed by atoms with Gasteiger partial charge < -0.3 is 24.2 Å². The predicted octanol–water partition coefficient (Wildman–Crippen LogP) is 2.11. The summed E-state index contributed by atoms with van der Waals surface area (Å²) in [5, 5.41) is 9.30. The number of amides is 1. The van der Waals surface area contributed by atoms with Gasteiger partial charge in [0.05, 0.1) is 18.1 Å². The van der Waals surface area contributed by atoms with Crippen molar-refractivity contribution in [2.75, 3.05) is 33.0 Å². The number of aliphatic carboxylic acids is 1. The van der Waals surface area contributed by atoms with E-state index >= 15 is 0 Å². The van der Waals surface area contributed by atoms with E-state index in [1.807, 2.05) is 24.3 Å². The van der Waals surface area contributed by atoms with Crippen molar-refractivity contribution in [2.45, 2.75) is 6.04 Å². The number of nitrogens with zero attached hydrogens (tertiary/aromatic N) is 1. The van der Waals surface area contributed by atoms with Gasteiger partial charge in [-0.1, -0.05) is 0 Å². The number of hydrogen-bond donors (Lipinski definition) is 1. The Bertz CT molecular complexity index is 848. The zero-order chi connectivity index (χ0) is 18.1. The van der Waals surface area contributed by atoms with Crippen LogP contribution in [0.4, 0.5) is 0 Å². The minimum Gasteiger partial charge on any atom is -0.486 e. The summed E-state index contributed by atoms with van der Waals surface area (Å²) in [5.74, 6) is 0.0655. The number of carbonyl (C=O) groups is 2. The molecule has 0 unspecified atom stereocenters. The fourth-order valence-corrected chi connectivity index (χ4v) is 3.96. The van der Waals surface area contributed by atoms with Crippen LogP contribution < -0.4 is 9.47 Å². The van der Waals surface area contributed by atoms with Crippen LogP contribution in [0.15, 0.2) is 30.3 Å². The monoisotopic (exact) mass is 375 g/mol. The average Bonchev–Trinajstić information content (AvgIpc) is 3.17. The third-order valence-electron chi connectivity index (χ3n) is 4.32. The van der Waals surface area contributed by atoms with Gasteiger partial charge >= 0.3 is 5.97 Å². The third-order valence-corrected chi connectivity index (χ3v) is 5.44. The maximum atomic E-state index is 12.8. The van der Waals surface area contributed by atoms with Crippen LogP contribution in [0.25, 0.3) is 10.4 Å². The maximum absolute atomic E-state index is 12.8. The Balaban J connectivity index is 1.57. The van der Waals surface area contributed by atoms with Crippen molar-refractivity contribution < 1.29 is 28.9 Å². The second-order valence-corrected chi connectivity index (χ2v) is 7.03. The van der Waals surface area contributed by atoms with Crippen LogP contribution in [0.2, 0.25) is 0 Å². The van der Waals surface area contributed by atoms with Crippen LogP contribution in [0.1, 0.15) is 9.67 Å². The first kappa shape index (κ1) is 16.9.